The fraction of sp³-hybridized carbons (Fsp3) is 0.250. The largest absolute Gasteiger partial charge is 0.497 e. The van der Waals surface area contributed by atoms with Crippen LogP contribution in [0, 0.1) is 12.7 Å². The lowest BCUT2D eigenvalue weighted by atomic mass is 10.1. The third-order valence-corrected chi connectivity index (χ3v) is 3.59. The van der Waals surface area contributed by atoms with Gasteiger partial charge >= 0.3 is 0 Å². The van der Waals surface area contributed by atoms with E-state index in [4.69, 9.17) is 10.6 Å². The molecular formula is C12H14FN3OS. The number of nitrogens with one attached hydrogen (secondary N) is 1. The van der Waals surface area contributed by atoms with Crippen LogP contribution in [0.15, 0.2) is 24.4 Å². The van der Waals surface area contributed by atoms with Crippen molar-refractivity contribution < 1.29 is 9.13 Å². The van der Waals surface area contributed by atoms with Gasteiger partial charge in [0.25, 0.3) is 0 Å². The predicted molar refractivity (Wildman–Crippen MR) is 69.0 cm³/mol. The normalized spacial score (nSPS) is 12.4. The van der Waals surface area contributed by atoms with Gasteiger partial charge in [-0.3, -0.25) is 5.84 Å². The van der Waals surface area contributed by atoms with Gasteiger partial charge in [0.15, 0.2) is 0 Å². The van der Waals surface area contributed by atoms with Crippen LogP contribution >= 0.6 is 11.3 Å². The highest BCUT2D eigenvalue weighted by Crippen LogP contribution is 2.29. The van der Waals surface area contributed by atoms with Gasteiger partial charge in [0.05, 0.1) is 18.2 Å². The van der Waals surface area contributed by atoms with Gasteiger partial charge in [0, 0.05) is 22.7 Å². The second kappa shape index (κ2) is 5.43. The van der Waals surface area contributed by atoms with Gasteiger partial charge in [0.1, 0.15) is 11.6 Å². The Labute approximate surface area is 109 Å². The topological polar surface area (TPSA) is 60.2 Å². The minimum Gasteiger partial charge on any atom is -0.497 e. The standard InChI is InChI=1S/C12H14FN3OS/c1-7-15-6-11(18-7)12(16-14)9-4-3-8(17-2)5-10(9)13/h3-6,12,16H,14H2,1-2H3. The van der Waals surface area contributed by atoms with E-state index in [0.29, 0.717) is 11.3 Å². The molecule has 0 fully saturated rings. The predicted octanol–water partition coefficient (Wildman–Crippen LogP) is 2.15. The Morgan fingerprint density at radius 1 is 1.50 bits per heavy atom. The maximum absolute atomic E-state index is 14.0. The first-order chi connectivity index (χ1) is 8.65. The molecule has 4 nitrogen and oxygen atoms in total. The van der Waals surface area contributed by atoms with Crippen LogP contribution in [0.5, 0.6) is 5.75 Å². The lowest BCUT2D eigenvalue weighted by Crippen LogP contribution is -2.28. The van der Waals surface area contributed by atoms with E-state index in [1.807, 2.05) is 6.92 Å². The fourth-order valence-electron chi connectivity index (χ4n) is 1.71. The number of hydrogen-bond acceptors (Lipinski definition) is 5. The minimum atomic E-state index is -0.401. The van der Waals surface area contributed by atoms with Crippen molar-refractivity contribution in [2.75, 3.05) is 7.11 Å². The number of methoxy groups -OCH3 is 1. The van der Waals surface area contributed by atoms with Crippen LogP contribution in [-0.4, -0.2) is 12.1 Å². The number of hydrogen-bond donors (Lipinski definition) is 2. The first-order valence-corrected chi connectivity index (χ1v) is 6.19. The van der Waals surface area contributed by atoms with Crippen LogP contribution < -0.4 is 16.0 Å². The summed E-state index contributed by atoms with van der Waals surface area (Å²) in [5.74, 6) is 5.64. The number of benzene rings is 1. The van der Waals surface area contributed by atoms with Crippen LogP contribution in [0.3, 0.4) is 0 Å². The Hall–Kier alpha value is -1.50. The van der Waals surface area contributed by atoms with Crippen molar-refractivity contribution in [3.63, 3.8) is 0 Å². The molecule has 0 radical (unpaired) electrons. The number of halogens is 1. The van der Waals surface area contributed by atoms with Crippen molar-refractivity contribution in [1.82, 2.24) is 10.4 Å². The lowest BCUT2D eigenvalue weighted by Gasteiger charge is -2.15. The third kappa shape index (κ3) is 2.50. The summed E-state index contributed by atoms with van der Waals surface area (Å²) in [5, 5.41) is 0.916. The van der Waals surface area contributed by atoms with Crippen molar-refractivity contribution in [1.29, 1.82) is 0 Å². The molecular weight excluding hydrogens is 253 g/mol. The summed E-state index contributed by atoms with van der Waals surface area (Å²) in [5.41, 5.74) is 3.09. The number of nitrogens with zero attached hydrogens (tertiary/aromatic N) is 1. The van der Waals surface area contributed by atoms with Crippen molar-refractivity contribution in [2.45, 2.75) is 13.0 Å². The molecule has 0 bridgehead atoms. The molecule has 0 spiro atoms. The number of rotatable bonds is 4. The molecule has 0 saturated heterocycles. The van der Waals surface area contributed by atoms with Crippen LogP contribution in [0.2, 0.25) is 0 Å². The average molecular weight is 267 g/mol. The van der Waals surface area contributed by atoms with E-state index < -0.39 is 6.04 Å². The second-order valence-electron chi connectivity index (χ2n) is 3.77. The summed E-state index contributed by atoms with van der Waals surface area (Å²) in [6.07, 6.45) is 1.70. The molecule has 6 heteroatoms. The maximum atomic E-state index is 14.0. The minimum absolute atomic E-state index is 0.358. The summed E-state index contributed by atoms with van der Waals surface area (Å²) < 4.78 is 18.9. The van der Waals surface area contributed by atoms with E-state index in [1.165, 1.54) is 24.5 Å². The highest BCUT2D eigenvalue weighted by atomic mass is 32.1. The molecule has 3 N–H and O–H groups in total. The van der Waals surface area contributed by atoms with E-state index in [1.54, 1.807) is 18.3 Å². The smallest absolute Gasteiger partial charge is 0.132 e. The molecule has 1 unspecified atom stereocenters. The lowest BCUT2D eigenvalue weighted by molar-refractivity contribution is 0.410. The summed E-state index contributed by atoms with van der Waals surface area (Å²) in [4.78, 5) is 5.02. The van der Waals surface area contributed by atoms with E-state index in [9.17, 15) is 4.39 Å². The van der Waals surface area contributed by atoms with E-state index in [2.05, 4.69) is 10.4 Å². The Morgan fingerprint density at radius 2 is 2.28 bits per heavy atom. The molecule has 1 heterocycles. The zero-order valence-corrected chi connectivity index (χ0v) is 10.9. The van der Waals surface area contributed by atoms with Crippen LogP contribution in [-0.2, 0) is 0 Å². The van der Waals surface area contributed by atoms with Gasteiger partial charge in [-0.25, -0.2) is 14.8 Å². The highest BCUT2D eigenvalue weighted by Gasteiger charge is 2.19. The van der Waals surface area contributed by atoms with Crippen molar-refractivity contribution in [3.8, 4) is 5.75 Å². The Balaban J connectivity index is 2.39. The highest BCUT2D eigenvalue weighted by molar-refractivity contribution is 7.11. The summed E-state index contributed by atoms with van der Waals surface area (Å²) >= 11 is 1.48. The zero-order chi connectivity index (χ0) is 13.1. The van der Waals surface area contributed by atoms with E-state index in [0.717, 1.165) is 9.88 Å². The average Bonchev–Trinajstić information content (AvgIpc) is 2.78. The molecule has 1 aromatic heterocycles. The summed E-state index contributed by atoms with van der Waals surface area (Å²) in [7, 11) is 1.50. The summed E-state index contributed by atoms with van der Waals surface area (Å²) in [6.45, 7) is 1.89. The van der Waals surface area contributed by atoms with E-state index in [-0.39, 0.29) is 5.82 Å². The number of nitrogens with two attached hydrogens (primary N) is 1. The fourth-order valence-corrected chi connectivity index (χ4v) is 2.57. The molecule has 0 amide bonds. The summed E-state index contributed by atoms with van der Waals surface area (Å²) in [6, 6.07) is 4.31. The van der Waals surface area contributed by atoms with Gasteiger partial charge in [-0.15, -0.1) is 11.3 Å². The zero-order valence-electron chi connectivity index (χ0n) is 10.1. The first-order valence-electron chi connectivity index (χ1n) is 5.37. The van der Waals surface area contributed by atoms with E-state index >= 15 is 0 Å². The maximum Gasteiger partial charge on any atom is 0.132 e. The molecule has 0 saturated carbocycles. The molecule has 1 atom stereocenters. The number of ether oxygens (including phenoxy) is 1. The number of hydrazine groups is 1. The molecule has 2 aromatic rings. The Bertz CT molecular complexity index is 544. The van der Waals surface area contributed by atoms with Gasteiger partial charge in [-0.2, -0.15) is 0 Å². The van der Waals surface area contributed by atoms with Crippen LogP contribution in [0.4, 0.5) is 4.39 Å². The van der Waals surface area contributed by atoms with Crippen molar-refractivity contribution in [3.05, 3.63) is 45.7 Å². The van der Waals surface area contributed by atoms with Gasteiger partial charge in [0.2, 0.25) is 0 Å². The monoisotopic (exact) mass is 267 g/mol. The van der Waals surface area contributed by atoms with Gasteiger partial charge in [-0.05, 0) is 13.0 Å². The quantitative estimate of drug-likeness (QED) is 0.658. The first kappa shape index (κ1) is 12.9. The molecule has 0 aliphatic heterocycles. The number of aromatic nitrogens is 1. The van der Waals surface area contributed by atoms with Crippen LogP contribution in [0.25, 0.3) is 0 Å². The molecule has 0 aliphatic rings. The molecule has 0 aliphatic carbocycles. The van der Waals surface area contributed by atoms with Gasteiger partial charge < -0.3 is 4.74 Å². The van der Waals surface area contributed by atoms with Crippen molar-refractivity contribution >= 4 is 11.3 Å². The molecule has 18 heavy (non-hydrogen) atoms. The van der Waals surface area contributed by atoms with Crippen molar-refractivity contribution in [2.24, 2.45) is 5.84 Å². The van der Waals surface area contributed by atoms with Crippen LogP contribution in [0.1, 0.15) is 21.5 Å². The Kier molecular flexibility index (Phi) is 3.90. The Morgan fingerprint density at radius 3 is 2.78 bits per heavy atom. The number of thiazole rings is 1. The molecule has 2 rings (SSSR count). The molecule has 96 valence electrons. The second-order valence-corrected chi connectivity index (χ2v) is 5.04. The molecule has 1 aromatic carbocycles. The SMILES string of the molecule is COc1ccc(C(NN)c2cnc(C)s2)c(F)c1. The third-order valence-electron chi connectivity index (χ3n) is 2.61. The number of aryl methyl sites for hydroxylation is 1. The van der Waals surface area contributed by atoms with Gasteiger partial charge in [-0.1, -0.05) is 6.07 Å².